The van der Waals surface area contributed by atoms with Crippen LogP contribution in [0.5, 0.6) is 5.75 Å². The van der Waals surface area contributed by atoms with Crippen LogP contribution in [-0.4, -0.2) is 13.3 Å². The summed E-state index contributed by atoms with van der Waals surface area (Å²) in [5.74, 6) is 0.563. The van der Waals surface area contributed by atoms with Gasteiger partial charge < -0.3 is 10.5 Å². The van der Waals surface area contributed by atoms with Crippen LogP contribution in [0.15, 0.2) is 18.2 Å². The Morgan fingerprint density at radius 1 is 1.50 bits per heavy atom. The van der Waals surface area contributed by atoms with Crippen LogP contribution in [0.1, 0.15) is 5.56 Å². The molecule has 1 aromatic carbocycles. The van der Waals surface area contributed by atoms with Gasteiger partial charge in [-0.1, -0.05) is 6.07 Å². The van der Waals surface area contributed by atoms with Crippen molar-refractivity contribution in [3.05, 3.63) is 23.8 Å². The lowest BCUT2D eigenvalue weighted by Gasteiger charge is -2.07. The molecule has 0 aromatic heterocycles. The normalized spacial score (nSPS) is 9.83. The van der Waals surface area contributed by atoms with Crippen LogP contribution in [-0.2, 0) is 0 Å². The minimum absolute atomic E-state index is 0.0631. The van der Waals surface area contributed by atoms with Crippen molar-refractivity contribution < 1.29 is 9.13 Å². The second-order valence-electron chi connectivity index (χ2n) is 2.58. The number of rotatable bonds is 3. The van der Waals surface area contributed by atoms with E-state index < -0.39 is 6.67 Å². The first-order valence-electron chi connectivity index (χ1n) is 3.79. The molecule has 0 aliphatic rings. The van der Waals surface area contributed by atoms with Gasteiger partial charge in [-0.15, -0.1) is 0 Å². The zero-order valence-electron chi connectivity index (χ0n) is 7.01. The van der Waals surface area contributed by atoms with Crippen LogP contribution in [0.2, 0.25) is 0 Å². The molecule has 0 saturated heterocycles. The molecule has 0 atom stereocenters. The molecule has 2 N–H and O–H groups in total. The molecule has 0 saturated carbocycles. The Kier molecular flexibility index (Phi) is 2.91. The molecule has 0 aliphatic carbocycles. The molecular formula is C9H12FNO. The molecule has 0 spiro atoms. The minimum atomic E-state index is -0.493. The Balaban J connectivity index is 2.75. The molecule has 1 aromatic rings. The molecular weight excluding hydrogens is 157 g/mol. The Hall–Kier alpha value is -1.25. The highest BCUT2D eigenvalue weighted by Gasteiger charge is 1.99. The van der Waals surface area contributed by atoms with Crippen LogP contribution >= 0.6 is 0 Å². The summed E-state index contributed by atoms with van der Waals surface area (Å²) in [6.07, 6.45) is 0. The molecule has 12 heavy (non-hydrogen) atoms. The smallest absolute Gasteiger partial charge is 0.142 e. The zero-order valence-corrected chi connectivity index (χ0v) is 7.01. The van der Waals surface area contributed by atoms with Gasteiger partial charge in [-0.25, -0.2) is 4.39 Å². The molecule has 66 valence electrons. The second-order valence-corrected chi connectivity index (χ2v) is 2.58. The summed E-state index contributed by atoms with van der Waals surface area (Å²) in [5.41, 5.74) is 7.19. The Bertz CT molecular complexity index is 263. The SMILES string of the molecule is Cc1ccc(N)c(OCCF)c1. The Labute approximate surface area is 71.1 Å². The fourth-order valence-electron chi connectivity index (χ4n) is 0.915. The van der Waals surface area contributed by atoms with Gasteiger partial charge in [0.15, 0.2) is 0 Å². The summed E-state index contributed by atoms with van der Waals surface area (Å²) in [6.45, 7) is 1.50. The van der Waals surface area contributed by atoms with Crippen LogP contribution in [0.25, 0.3) is 0 Å². The number of ether oxygens (including phenoxy) is 1. The number of anilines is 1. The van der Waals surface area contributed by atoms with Crippen LogP contribution in [0.4, 0.5) is 10.1 Å². The van der Waals surface area contributed by atoms with E-state index in [1.807, 2.05) is 13.0 Å². The predicted octanol–water partition coefficient (Wildman–Crippen LogP) is 1.93. The number of hydrogen-bond acceptors (Lipinski definition) is 2. The third-order valence-electron chi connectivity index (χ3n) is 1.50. The Morgan fingerprint density at radius 2 is 2.25 bits per heavy atom. The predicted molar refractivity (Wildman–Crippen MR) is 47.1 cm³/mol. The van der Waals surface area contributed by atoms with Gasteiger partial charge >= 0.3 is 0 Å². The average molecular weight is 169 g/mol. The van der Waals surface area contributed by atoms with Crippen molar-refractivity contribution in [1.29, 1.82) is 0 Å². The number of aryl methyl sites for hydroxylation is 1. The minimum Gasteiger partial charge on any atom is -0.489 e. The summed E-state index contributed by atoms with van der Waals surface area (Å²) in [6, 6.07) is 5.44. The molecule has 0 bridgehead atoms. The van der Waals surface area contributed by atoms with Crippen molar-refractivity contribution in [3.63, 3.8) is 0 Å². The van der Waals surface area contributed by atoms with Gasteiger partial charge in [0, 0.05) is 0 Å². The Morgan fingerprint density at radius 3 is 2.92 bits per heavy atom. The highest BCUT2D eigenvalue weighted by molar-refractivity contribution is 5.53. The third kappa shape index (κ3) is 2.12. The number of hydrogen-bond donors (Lipinski definition) is 1. The van der Waals surface area contributed by atoms with Gasteiger partial charge in [0.2, 0.25) is 0 Å². The van der Waals surface area contributed by atoms with E-state index in [9.17, 15) is 4.39 Å². The van der Waals surface area contributed by atoms with E-state index in [0.29, 0.717) is 11.4 Å². The van der Waals surface area contributed by atoms with E-state index >= 15 is 0 Å². The first kappa shape index (κ1) is 8.84. The van der Waals surface area contributed by atoms with Crippen LogP contribution in [0, 0.1) is 6.92 Å². The fraction of sp³-hybridized carbons (Fsp3) is 0.333. The molecule has 0 amide bonds. The van der Waals surface area contributed by atoms with Gasteiger partial charge in [-0.3, -0.25) is 0 Å². The van der Waals surface area contributed by atoms with Crippen LogP contribution < -0.4 is 10.5 Å². The summed E-state index contributed by atoms with van der Waals surface area (Å²) in [5, 5.41) is 0. The molecule has 0 fully saturated rings. The van der Waals surface area contributed by atoms with Crippen LogP contribution in [0.3, 0.4) is 0 Å². The topological polar surface area (TPSA) is 35.2 Å². The number of alkyl halides is 1. The van der Waals surface area contributed by atoms with E-state index in [2.05, 4.69) is 0 Å². The van der Waals surface area contributed by atoms with E-state index in [-0.39, 0.29) is 6.61 Å². The lowest BCUT2D eigenvalue weighted by atomic mass is 10.2. The number of halogens is 1. The monoisotopic (exact) mass is 169 g/mol. The van der Waals surface area contributed by atoms with Crippen molar-refractivity contribution in [2.45, 2.75) is 6.92 Å². The van der Waals surface area contributed by atoms with Crippen molar-refractivity contribution in [2.75, 3.05) is 19.0 Å². The van der Waals surface area contributed by atoms with E-state index in [0.717, 1.165) is 5.56 Å². The highest BCUT2D eigenvalue weighted by Crippen LogP contribution is 2.21. The lowest BCUT2D eigenvalue weighted by molar-refractivity contribution is 0.274. The fourth-order valence-corrected chi connectivity index (χ4v) is 0.915. The van der Waals surface area contributed by atoms with Gasteiger partial charge in [0.1, 0.15) is 19.0 Å². The molecule has 1 rings (SSSR count). The molecule has 0 aliphatic heterocycles. The van der Waals surface area contributed by atoms with E-state index in [1.54, 1.807) is 12.1 Å². The van der Waals surface area contributed by atoms with Crippen molar-refractivity contribution >= 4 is 5.69 Å². The van der Waals surface area contributed by atoms with E-state index in [1.165, 1.54) is 0 Å². The summed E-state index contributed by atoms with van der Waals surface area (Å²) in [4.78, 5) is 0. The van der Waals surface area contributed by atoms with Gasteiger partial charge in [-0.05, 0) is 24.6 Å². The number of nitrogens with two attached hydrogens (primary N) is 1. The van der Waals surface area contributed by atoms with Gasteiger partial charge in [0.25, 0.3) is 0 Å². The molecule has 0 heterocycles. The quantitative estimate of drug-likeness (QED) is 0.701. The van der Waals surface area contributed by atoms with Gasteiger partial charge in [0.05, 0.1) is 5.69 Å². The third-order valence-corrected chi connectivity index (χ3v) is 1.50. The van der Waals surface area contributed by atoms with Crippen molar-refractivity contribution in [1.82, 2.24) is 0 Å². The maximum absolute atomic E-state index is 11.7. The number of nitrogen functional groups attached to an aromatic ring is 1. The molecule has 0 radical (unpaired) electrons. The molecule has 2 nitrogen and oxygen atoms in total. The van der Waals surface area contributed by atoms with Crippen molar-refractivity contribution in [2.24, 2.45) is 0 Å². The summed E-state index contributed by atoms with van der Waals surface area (Å²) < 4.78 is 16.8. The average Bonchev–Trinajstić information content (AvgIpc) is 2.07. The summed E-state index contributed by atoms with van der Waals surface area (Å²) >= 11 is 0. The number of benzene rings is 1. The largest absolute Gasteiger partial charge is 0.489 e. The van der Waals surface area contributed by atoms with Crippen molar-refractivity contribution in [3.8, 4) is 5.75 Å². The maximum atomic E-state index is 11.7. The zero-order chi connectivity index (χ0) is 8.97. The standard InChI is InChI=1S/C9H12FNO/c1-7-2-3-8(11)9(6-7)12-5-4-10/h2-3,6H,4-5,11H2,1H3. The van der Waals surface area contributed by atoms with Gasteiger partial charge in [-0.2, -0.15) is 0 Å². The first-order valence-corrected chi connectivity index (χ1v) is 3.79. The molecule has 3 heteroatoms. The highest BCUT2D eigenvalue weighted by atomic mass is 19.1. The maximum Gasteiger partial charge on any atom is 0.142 e. The summed E-state index contributed by atoms with van der Waals surface area (Å²) in [7, 11) is 0. The molecule has 0 unspecified atom stereocenters. The lowest BCUT2D eigenvalue weighted by Crippen LogP contribution is -2.01. The van der Waals surface area contributed by atoms with E-state index in [4.69, 9.17) is 10.5 Å². The first-order chi connectivity index (χ1) is 5.74. The second kappa shape index (κ2) is 3.95.